The molecule has 1 aliphatic heterocycles. The van der Waals surface area contributed by atoms with Gasteiger partial charge >= 0.3 is 0 Å². The van der Waals surface area contributed by atoms with Crippen LogP contribution in [0.4, 0.5) is 11.4 Å². The minimum atomic E-state index is -0.0212. The Hall–Kier alpha value is -3.09. The third kappa shape index (κ3) is 5.54. The average Bonchev–Trinajstić information content (AvgIpc) is 2.79. The van der Waals surface area contributed by atoms with Gasteiger partial charge < -0.3 is 19.7 Å². The Bertz CT molecular complexity index is 1030. The summed E-state index contributed by atoms with van der Waals surface area (Å²) in [7, 11) is 3.63. The summed E-state index contributed by atoms with van der Waals surface area (Å²) in [6, 6.07) is 20.4. The van der Waals surface area contributed by atoms with E-state index in [4.69, 9.17) is 9.47 Å². The van der Waals surface area contributed by atoms with Crippen molar-refractivity contribution < 1.29 is 14.3 Å². The third-order valence-corrected chi connectivity index (χ3v) is 5.51. The fourth-order valence-corrected chi connectivity index (χ4v) is 3.89. The zero-order valence-corrected chi connectivity index (χ0v) is 18.1. The highest BCUT2D eigenvalue weighted by atomic mass is 16.5. The van der Waals surface area contributed by atoms with E-state index in [1.54, 1.807) is 7.11 Å². The summed E-state index contributed by atoms with van der Waals surface area (Å²) in [5.74, 6) is 0.833. The number of anilines is 2. The molecule has 4 rings (SSSR count). The second kappa shape index (κ2) is 9.81. The van der Waals surface area contributed by atoms with Crippen LogP contribution in [0.25, 0.3) is 10.8 Å². The number of carbonyl (C=O) groups is 1. The van der Waals surface area contributed by atoms with Crippen LogP contribution in [0.3, 0.4) is 0 Å². The molecule has 0 atom stereocenters. The molecule has 162 valence electrons. The van der Waals surface area contributed by atoms with Crippen LogP contribution in [-0.4, -0.2) is 57.8 Å². The van der Waals surface area contributed by atoms with E-state index in [2.05, 4.69) is 46.6 Å². The Kier molecular flexibility index (Phi) is 6.70. The van der Waals surface area contributed by atoms with Gasteiger partial charge in [0.1, 0.15) is 5.75 Å². The van der Waals surface area contributed by atoms with Crippen LogP contribution >= 0.6 is 0 Å². The molecule has 0 aromatic heterocycles. The van der Waals surface area contributed by atoms with Crippen molar-refractivity contribution in [1.82, 2.24) is 4.90 Å². The van der Waals surface area contributed by atoms with Gasteiger partial charge in [-0.05, 0) is 65.8 Å². The zero-order chi connectivity index (χ0) is 21.6. The fourth-order valence-electron chi connectivity index (χ4n) is 3.89. The van der Waals surface area contributed by atoms with Crippen molar-refractivity contribution >= 4 is 28.1 Å². The summed E-state index contributed by atoms with van der Waals surface area (Å²) in [5.41, 5.74) is 3.14. The van der Waals surface area contributed by atoms with Crippen molar-refractivity contribution in [3.63, 3.8) is 0 Å². The topological polar surface area (TPSA) is 54.0 Å². The van der Waals surface area contributed by atoms with Gasteiger partial charge in [0.15, 0.2) is 0 Å². The number of hydrogen-bond donors (Lipinski definition) is 1. The molecule has 0 saturated carbocycles. The van der Waals surface area contributed by atoms with Crippen LogP contribution < -0.4 is 15.0 Å². The van der Waals surface area contributed by atoms with Crippen molar-refractivity contribution in [2.24, 2.45) is 0 Å². The van der Waals surface area contributed by atoms with E-state index >= 15 is 0 Å². The number of carbonyl (C=O) groups excluding carboxylic acids is 1. The first kappa shape index (κ1) is 21.2. The first-order valence-electron chi connectivity index (χ1n) is 10.6. The number of fused-ring (bicyclic) bond motifs is 1. The quantitative estimate of drug-likeness (QED) is 0.632. The number of morpholine rings is 1. The lowest BCUT2D eigenvalue weighted by atomic mass is 10.1. The van der Waals surface area contributed by atoms with Gasteiger partial charge in [-0.3, -0.25) is 9.69 Å². The third-order valence-electron chi connectivity index (χ3n) is 5.51. The number of hydrogen-bond acceptors (Lipinski definition) is 5. The zero-order valence-electron chi connectivity index (χ0n) is 18.1. The van der Waals surface area contributed by atoms with Crippen LogP contribution in [0.1, 0.15) is 5.56 Å². The number of likely N-dealkylation sites (N-methyl/N-ethyl adjacent to an activating group) is 1. The molecule has 3 aromatic rings. The van der Waals surface area contributed by atoms with Gasteiger partial charge in [-0.25, -0.2) is 0 Å². The largest absolute Gasteiger partial charge is 0.497 e. The van der Waals surface area contributed by atoms with Gasteiger partial charge in [-0.15, -0.1) is 0 Å². The molecule has 1 aliphatic rings. The van der Waals surface area contributed by atoms with Crippen molar-refractivity contribution in [2.75, 3.05) is 57.2 Å². The van der Waals surface area contributed by atoms with Crippen LogP contribution in [0, 0.1) is 0 Å². The molecule has 3 aromatic carbocycles. The van der Waals surface area contributed by atoms with Gasteiger partial charge in [0.25, 0.3) is 0 Å². The molecule has 0 aliphatic carbocycles. The summed E-state index contributed by atoms with van der Waals surface area (Å²) >= 11 is 0. The number of benzene rings is 3. The summed E-state index contributed by atoms with van der Waals surface area (Å²) in [6.07, 6.45) is 0. The maximum atomic E-state index is 12.5. The normalized spacial score (nSPS) is 14.1. The molecule has 0 unspecified atom stereocenters. The molecule has 1 fully saturated rings. The number of ether oxygens (including phenoxy) is 2. The van der Waals surface area contributed by atoms with Crippen molar-refractivity contribution in [1.29, 1.82) is 0 Å². The number of nitrogens with zero attached hydrogens (tertiary/aromatic N) is 2. The first-order valence-corrected chi connectivity index (χ1v) is 10.6. The van der Waals surface area contributed by atoms with E-state index < -0.39 is 0 Å². The first-order chi connectivity index (χ1) is 15.1. The van der Waals surface area contributed by atoms with Crippen molar-refractivity contribution in [3.05, 3.63) is 66.2 Å². The molecule has 0 spiro atoms. The standard InChI is InChI=1S/C25H29N3O3/c1-27(17-19-3-4-21-16-24(30-2)10-5-20(21)15-19)18-25(29)26-22-6-8-23(9-7-22)28-11-13-31-14-12-28/h3-10,15-16H,11-14,17-18H2,1-2H3,(H,26,29). The fraction of sp³-hybridized carbons (Fsp3) is 0.320. The van der Waals surface area contributed by atoms with Gasteiger partial charge in [-0.1, -0.05) is 18.2 Å². The number of rotatable bonds is 7. The van der Waals surface area contributed by atoms with Gasteiger partial charge in [-0.2, -0.15) is 0 Å². The summed E-state index contributed by atoms with van der Waals surface area (Å²) < 4.78 is 10.7. The molecule has 1 saturated heterocycles. The lowest BCUT2D eigenvalue weighted by Gasteiger charge is -2.28. The minimum absolute atomic E-state index is 0.0212. The molecule has 6 heteroatoms. The van der Waals surface area contributed by atoms with E-state index in [-0.39, 0.29) is 5.91 Å². The molecule has 6 nitrogen and oxygen atoms in total. The van der Waals surface area contributed by atoms with Crippen LogP contribution in [0.2, 0.25) is 0 Å². The molecule has 0 bridgehead atoms. The van der Waals surface area contributed by atoms with Gasteiger partial charge in [0.05, 0.1) is 26.9 Å². The number of amides is 1. The van der Waals surface area contributed by atoms with Crippen LogP contribution in [0.5, 0.6) is 5.75 Å². The Morgan fingerprint density at radius 1 is 1.03 bits per heavy atom. The number of methoxy groups -OCH3 is 1. The Morgan fingerprint density at radius 3 is 2.48 bits per heavy atom. The Balaban J connectivity index is 1.30. The molecule has 0 radical (unpaired) electrons. The van der Waals surface area contributed by atoms with E-state index in [0.29, 0.717) is 13.1 Å². The molecule has 1 heterocycles. The maximum absolute atomic E-state index is 12.5. The highest BCUT2D eigenvalue weighted by molar-refractivity contribution is 5.92. The summed E-state index contributed by atoms with van der Waals surface area (Å²) in [6.45, 7) is 4.35. The summed E-state index contributed by atoms with van der Waals surface area (Å²) in [4.78, 5) is 16.8. The van der Waals surface area contributed by atoms with Crippen molar-refractivity contribution in [2.45, 2.75) is 6.54 Å². The van der Waals surface area contributed by atoms with E-state index in [1.165, 1.54) is 5.56 Å². The molecule has 31 heavy (non-hydrogen) atoms. The predicted octanol–water partition coefficient (Wildman–Crippen LogP) is 3.76. The van der Waals surface area contributed by atoms with E-state index in [0.717, 1.165) is 54.2 Å². The highest BCUT2D eigenvalue weighted by Crippen LogP contribution is 2.22. The average molecular weight is 420 g/mol. The lowest BCUT2D eigenvalue weighted by molar-refractivity contribution is -0.117. The van der Waals surface area contributed by atoms with Gasteiger partial charge in [0.2, 0.25) is 5.91 Å². The molecular formula is C25H29N3O3. The monoisotopic (exact) mass is 419 g/mol. The smallest absolute Gasteiger partial charge is 0.238 e. The number of nitrogens with one attached hydrogen (secondary N) is 1. The van der Waals surface area contributed by atoms with Crippen LogP contribution in [-0.2, 0) is 16.1 Å². The Morgan fingerprint density at radius 2 is 1.74 bits per heavy atom. The summed E-state index contributed by atoms with van der Waals surface area (Å²) in [5, 5.41) is 5.30. The SMILES string of the molecule is COc1ccc2cc(CN(C)CC(=O)Nc3ccc(N4CCOCC4)cc3)ccc2c1. The highest BCUT2D eigenvalue weighted by Gasteiger charge is 2.12. The minimum Gasteiger partial charge on any atom is -0.497 e. The van der Waals surface area contributed by atoms with Gasteiger partial charge in [0, 0.05) is 31.0 Å². The lowest BCUT2D eigenvalue weighted by Crippen LogP contribution is -2.36. The van der Waals surface area contributed by atoms with Crippen LogP contribution in [0.15, 0.2) is 60.7 Å². The van der Waals surface area contributed by atoms with E-state index in [1.807, 2.05) is 36.2 Å². The second-order valence-corrected chi connectivity index (χ2v) is 7.91. The molecule has 1 N–H and O–H groups in total. The second-order valence-electron chi connectivity index (χ2n) is 7.91. The molecular weight excluding hydrogens is 390 g/mol. The molecule has 1 amide bonds. The van der Waals surface area contributed by atoms with Crippen molar-refractivity contribution in [3.8, 4) is 5.75 Å². The predicted molar refractivity (Wildman–Crippen MR) is 125 cm³/mol. The Labute approximate surface area is 183 Å². The maximum Gasteiger partial charge on any atom is 0.238 e. The van der Waals surface area contributed by atoms with E-state index in [9.17, 15) is 4.79 Å².